The number of likely N-dealkylation sites (tertiary alicyclic amines) is 1. The Morgan fingerprint density at radius 3 is 2.22 bits per heavy atom. The zero-order valence-corrected chi connectivity index (χ0v) is 28.0. The summed E-state index contributed by atoms with van der Waals surface area (Å²) in [5, 5.41) is 23.5. The third-order valence-corrected chi connectivity index (χ3v) is 9.57. The second-order valence-electron chi connectivity index (χ2n) is 13.2. The van der Waals surface area contributed by atoms with Gasteiger partial charge in [0.1, 0.15) is 12.0 Å². The van der Waals surface area contributed by atoms with Crippen molar-refractivity contribution in [2.45, 2.75) is 71.8 Å². The van der Waals surface area contributed by atoms with Crippen molar-refractivity contribution in [2.75, 3.05) is 13.1 Å². The number of rotatable bonds is 11. The summed E-state index contributed by atoms with van der Waals surface area (Å²) in [6, 6.07) is 16.9. The highest BCUT2D eigenvalue weighted by molar-refractivity contribution is 7.12. The van der Waals surface area contributed by atoms with Gasteiger partial charge in [-0.3, -0.25) is 14.9 Å². The molecular weight excluding hydrogens is 600 g/mol. The van der Waals surface area contributed by atoms with Crippen molar-refractivity contribution in [3.8, 4) is 28.3 Å². The molecule has 4 aromatic rings. The standard InChI is InChI=1S/C36H42N4O5S/c1-21(2)45-29-12-11-25(15-22(29)3)26-17-37-32(38-18-26)24-9-7-23(8-10-24)16-28(34(42)40-19-27(20-40)35(43)44)39-33(41)30-13-14-31(46-30)36(4,5)6/h7-15,17-18,21,27-28,33,39,41H,16,19-20H2,1-6H3,(H,43,44)/t28-,33?/m0/s1. The molecule has 0 saturated carbocycles. The number of hydrogen-bond acceptors (Lipinski definition) is 8. The van der Waals surface area contributed by atoms with Crippen LogP contribution in [0.5, 0.6) is 5.75 Å². The van der Waals surface area contributed by atoms with Crippen LogP contribution in [0.25, 0.3) is 22.5 Å². The Labute approximate surface area is 274 Å². The lowest BCUT2D eigenvalue weighted by Gasteiger charge is -2.39. The van der Waals surface area contributed by atoms with E-state index in [0.29, 0.717) is 12.2 Å². The van der Waals surface area contributed by atoms with Gasteiger partial charge in [0.2, 0.25) is 5.91 Å². The Bertz CT molecular complexity index is 1670. The van der Waals surface area contributed by atoms with Gasteiger partial charge in [-0.15, -0.1) is 11.3 Å². The molecule has 2 aromatic carbocycles. The fourth-order valence-corrected chi connectivity index (χ4v) is 6.31. The molecular formula is C36H42N4O5S. The average molecular weight is 643 g/mol. The number of aromatic nitrogens is 2. The second-order valence-corrected chi connectivity index (χ2v) is 14.3. The smallest absolute Gasteiger partial charge is 0.310 e. The molecule has 0 spiro atoms. The molecule has 2 atom stereocenters. The van der Waals surface area contributed by atoms with Crippen molar-refractivity contribution in [1.29, 1.82) is 0 Å². The monoisotopic (exact) mass is 642 g/mol. The number of aryl methyl sites for hydroxylation is 1. The molecule has 0 bridgehead atoms. The summed E-state index contributed by atoms with van der Waals surface area (Å²) in [6.07, 6.45) is 2.99. The first-order chi connectivity index (χ1) is 21.8. The average Bonchev–Trinajstić information content (AvgIpc) is 3.49. The first-order valence-electron chi connectivity index (χ1n) is 15.5. The van der Waals surface area contributed by atoms with Crippen LogP contribution in [-0.2, 0) is 21.4 Å². The molecule has 9 nitrogen and oxygen atoms in total. The van der Waals surface area contributed by atoms with E-state index < -0.39 is 24.2 Å². The first kappa shape index (κ1) is 33.2. The number of ether oxygens (including phenoxy) is 1. The van der Waals surface area contributed by atoms with Crippen molar-refractivity contribution >= 4 is 23.2 Å². The number of nitrogens with one attached hydrogen (secondary N) is 1. The molecule has 0 radical (unpaired) electrons. The summed E-state index contributed by atoms with van der Waals surface area (Å²) < 4.78 is 5.85. The zero-order valence-electron chi connectivity index (χ0n) is 27.2. The molecule has 1 aliphatic rings. The lowest BCUT2D eigenvalue weighted by Crippen LogP contribution is -2.58. The number of thiophene rings is 1. The van der Waals surface area contributed by atoms with Gasteiger partial charge in [-0.1, -0.05) is 51.1 Å². The SMILES string of the molecule is Cc1cc(-c2cnc(-c3ccc(C[C@H](NC(O)c4ccc(C(C)(C)C)s4)C(=O)N4CC(C(=O)O)C4)cc3)nc2)ccc1OC(C)C. The number of benzene rings is 2. The molecule has 3 heterocycles. The number of carbonyl (C=O) groups is 2. The van der Waals surface area contributed by atoms with E-state index in [1.807, 2.05) is 69.3 Å². The third-order valence-electron chi connectivity index (χ3n) is 8.01. The Hall–Kier alpha value is -4.12. The van der Waals surface area contributed by atoms with E-state index in [9.17, 15) is 19.8 Å². The zero-order chi connectivity index (χ0) is 33.2. The van der Waals surface area contributed by atoms with Crippen LogP contribution in [0.2, 0.25) is 0 Å². The fraction of sp³-hybridized carbons (Fsp3) is 0.389. The maximum Gasteiger partial charge on any atom is 0.310 e. The third kappa shape index (κ3) is 7.81. The molecule has 1 amide bonds. The minimum absolute atomic E-state index is 0.0552. The van der Waals surface area contributed by atoms with Crippen LogP contribution in [0.15, 0.2) is 67.0 Å². The number of aliphatic carboxylic acids is 1. The van der Waals surface area contributed by atoms with Gasteiger partial charge < -0.3 is 19.8 Å². The molecule has 3 N–H and O–H groups in total. The van der Waals surface area contributed by atoms with Gasteiger partial charge in [-0.25, -0.2) is 9.97 Å². The maximum atomic E-state index is 13.5. The Balaban J connectivity index is 1.29. The van der Waals surface area contributed by atoms with Gasteiger partial charge >= 0.3 is 5.97 Å². The summed E-state index contributed by atoms with van der Waals surface area (Å²) >= 11 is 1.51. The van der Waals surface area contributed by atoms with E-state index in [-0.39, 0.29) is 30.5 Å². The highest BCUT2D eigenvalue weighted by Crippen LogP contribution is 2.32. The molecule has 2 aromatic heterocycles. The van der Waals surface area contributed by atoms with Crippen molar-refractivity contribution in [1.82, 2.24) is 20.2 Å². The summed E-state index contributed by atoms with van der Waals surface area (Å²) in [6.45, 7) is 12.7. The fourth-order valence-electron chi connectivity index (χ4n) is 5.30. The van der Waals surface area contributed by atoms with Gasteiger partial charge in [0.05, 0.1) is 18.1 Å². The summed E-state index contributed by atoms with van der Waals surface area (Å²) in [5.41, 5.74) is 4.63. The lowest BCUT2D eigenvalue weighted by atomic mass is 9.95. The molecule has 0 aliphatic carbocycles. The van der Waals surface area contributed by atoms with Gasteiger partial charge in [0.25, 0.3) is 0 Å². The van der Waals surface area contributed by atoms with Crippen LogP contribution < -0.4 is 10.1 Å². The highest BCUT2D eigenvalue weighted by Gasteiger charge is 2.39. The maximum absolute atomic E-state index is 13.5. The molecule has 1 saturated heterocycles. The van der Waals surface area contributed by atoms with Crippen LogP contribution in [-0.4, -0.2) is 62.2 Å². The van der Waals surface area contributed by atoms with Crippen molar-refractivity contribution in [3.05, 3.63) is 87.9 Å². The number of carbonyl (C=O) groups excluding carboxylic acids is 1. The number of hydrogen-bond donors (Lipinski definition) is 3. The van der Waals surface area contributed by atoms with E-state index in [1.165, 1.54) is 16.2 Å². The van der Waals surface area contributed by atoms with Gasteiger partial charge in [-0.05, 0) is 73.6 Å². The van der Waals surface area contributed by atoms with E-state index in [2.05, 4.69) is 42.1 Å². The van der Waals surface area contributed by atoms with Gasteiger partial charge in [0, 0.05) is 46.4 Å². The molecule has 242 valence electrons. The van der Waals surface area contributed by atoms with Crippen LogP contribution in [0.1, 0.15) is 61.7 Å². The lowest BCUT2D eigenvalue weighted by molar-refractivity contribution is -0.154. The highest BCUT2D eigenvalue weighted by atomic mass is 32.1. The van der Waals surface area contributed by atoms with Gasteiger partial charge in [-0.2, -0.15) is 0 Å². The molecule has 1 aliphatic heterocycles. The quantitative estimate of drug-likeness (QED) is 0.170. The number of aliphatic hydroxyl groups is 1. The van der Waals surface area contributed by atoms with Crippen LogP contribution >= 0.6 is 11.3 Å². The topological polar surface area (TPSA) is 125 Å². The summed E-state index contributed by atoms with van der Waals surface area (Å²) in [7, 11) is 0. The number of aliphatic hydroxyl groups excluding tert-OH is 1. The second kappa shape index (κ2) is 13.7. The number of nitrogens with zero attached hydrogens (tertiary/aromatic N) is 3. The predicted molar refractivity (Wildman–Crippen MR) is 180 cm³/mol. The molecule has 1 unspecified atom stereocenters. The predicted octanol–water partition coefficient (Wildman–Crippen LogP) is 6.00. The molecule has 5 rings (SSSR count). The van der Waals surface area contributed by atoms with Crippen molar-refractivity contribution < 1.29 is 24.5 Å². The van der Waals surface area contributed by atoms with Crippen LogP contribution in [0.4, 0.5) is 0 Å². The van der Waals surface area contributed by atoms with Crippen LogP contribution in [0, 0.1) is 12.8 Å². The summed E-state index contributed by atoms with van der Waals surface area (Å²) in [5.74, 6) is -0.251. The van der Waals surface area contributed by atoms with E-state index >= 15 is 0 Å². The Morgan fingerprint density at radius 1 is 1.00 bits per heavy atom. The minimum Gasteiger partial charge on any atom is -0.491 e. The van der Waals surface area contributed by atoms with Crippen molar-refractivity contribution in [2.24, 2.45) is 5.92 Å². The number of carboxylic acid groups (broad SMARTS) is 1. The normalized spacial score (nSPS) is 15.0. The van der Waals surface area contributed by atoms with Crippen molar-refractivity contribution in [3.63, 3.8) is 0 Å². The Kier molecular flexibility index (Phi) is 9.91. The molecule has 1 fully saturated rings. The number of amides is 1. The summed E-state index contributed by atoms with van der Waals surface area (Å²) in [4.78, 5) is 37.4. The van der Waals surface area contributed by atoms with E-state index in [0.717, 1.165) is 43.3 Å². The minimum atomic E-state index is -1.04. The van der Waals surface area contributed by atoms with E-state index in [1.54, 1.807) is 12.4 Å². The van der Waals surface area contributed by atoms with Crippen LogP contribution in [0.3, 0.4) is 0 Å². The number of carboxylic acids is 1. The molecule has 46 heavy (non-hydrogen) atoms. The molecule has 10 heteroatoms. The van der Waals surface area contributed by atoms with E-state index in [4.69, 9.17) is 4.74 Å². The Morgan fingerprint density at radius 2 is 1.65 bits per heavy atom. The first-order valence-corrected chi connectivity index (χ1v) is 16.3. The van der Waals surface area contributed by atoms with Gasteiger partial charge in [0.15, 0.2) is 5.82 Å². The largest absolute Gasteiger partial charge is 0.491 e.